The number of ether oxygens (including phenoxy) is 2. The van der Waals surface area contributed by atoms with Crippen LogP contribution in [0.3, 0.4) is 0 Å². The van der Waals surface area contributed by atoms with Gasteiger partial charge in [0.05, 0.1) is 5.52 Å². The molecule has 1 aromatic carbocycles. The van der Waals surface area contributed by atoms with E-state index in [1.807, 2.05) is 24.3 Å². The van der Waals surface area contributed by atoms with Crippen LogP contribution in [0, 0.1) is 5.92 Å². The highest BCUT2D eigenvalue weighted by Gasteiger charge is 2.30. The number of benzene rings is 1. The van der Waals surface area contributed by atoms with Crippen LogP contribution in [0.2, 0.25) is 0 Å². The third-order valence-corrected chi connectivity index (χ3v) is 4.11. The van der Waals surface area contributed by atoms with E-state index < -0.39 is 0 Å². The lowest BCUT2D eigenvalue weighted by Crippen LogP contribution is -2.43. The van der Waals surface area contributed by atoms with Gasteiger partial charge in [-0.15, -0.1) is 0 Å². The fourth-order valence-corrected chi connectivity index (χ4v) is 2.60. The maximum Gasteiger partial charge on any atom is 0.171 e. The van der Waals surface area contributed by atoms with Crippen molar-refractivity contribution in [3.8, 4) is 11.5 Å². The predicted octanol–water partition coefficient (Wildman–Crippen LogP) is 2.75. The average molecular weight is 272 g/mol. The molecule has 2 heterocycles. The molecule has 2 aromatic rings. The van der Waals surface area contributed by atoms with Crippen molar-refractivity contribution in [3.63, 3.8) is 0 Å². The normalized spacial score (nSPS) is 20.6. The summed E-state index contributed by atoms with van der Waals surface area (Å²) in [6.45, 7) is 4.77. The van der Waals surface area contributed by atoms with Gasteiger partial charge in [0.1, 0.15) is 12.7 Å². The van der Waals surface area contributed by atoms with Crippen LogP contribution >= 0.6 is 0 Å². The second-order valence-electron chi connectivity index (χ2n) is 5.36. The van der Waals surface area contributed by atoms with Crippen molar-refractivity contribution >= 4 is 10.9 Å². The maximum absolute atomic E-state index is 6.18. The summed E-state index contributed by atoms with van der Waals surface area (Å²) in [5.74, 6) is 1.83. The SMILES string of the molecule is CCC(N)C(C)C1COc2ccc3ncccc3c2O1. The molecule has 4 nitrogen and oxygen atoms in total. The summed E-state index contributed by atoms with van der Waals surface area (Å²) in [5, 5.41) is 0.993. The Balaban J connectivity index is 1.95. The Hall–Kier alpha value is -1.81. The molecule has 4 heteroatoms. The zero-order chi connectivity index (χ0) is 14.1. The molecular formula is C16H20N2O2. The molecule has 3 unspecified atom stereocenters. The summed E-state index contributed by atoms with van der Waals surface area (Å²) in [5.41, 5.74) is 7.05. The topological polar surface area (TPSA) is 57.4 Å². The van der Waals surface area contributed by atoms with Gasteiger partial charge in [-0.05, 0) is 30.7 Å². The predicted molar refractivity (Wildman–Crippen MR) is 79.1 cm³/mol. The average Bonchev–Trinajstić information content (AvgIpc) is 2.52. The molecule has 1 aliphatic heterocycles. The summed E-state index contributed by atoms with van der Waals surface area (Å²) in [4.78, 5) is 4.35. The third-order valence-electron chi connectivity index (χ3n) is 4.11. The molecule has 0 saturated carbocycles. The van der Waals surface area contributed by atoms with Gasteiger partial charge in [-0.2, -0.15) is 0 Å². The number of rotatable bonds is 3. The first kappa shape index (κ1) is 13.2. The lowest BCUT2D eigenvalue weighted by Gasteiger charge is -2.33. The largest absolute Gasteiger partial charge is 0.486 e. The van der Waals surface area contributed by atoms with Crippen LogP contribution in [-0.4, -0.2) is 23.7 Å². The van der Waals surface area contributed by atoms with Crippen molar-refractivity contribution in [3.05, 3.63) is 30.5 Å². The van der Waals surface area contributed by atoms with Crippen LogP contribution in [-0.2, 0) is 0 Å². The van der Waals surface area contributed by atoms with Crippen LogP contribution in [0.25, 0.3) is 10.9 Å². The number of hydrogen-bond acceptors (Lipinski definition) is 4. The van der Waals surface area contributed by atoms with Gasteiger partial charge in [0.2, 0.25) is 0 Å². The zero-order valence-corrected chi connectivity index (χ0v) is 11.9. The van der Waals surface area contributed by atoms with Crippen LogP contribution in [0.15, 0.2) is 30.5 Å². The second-order valence-corrected chi connectivity index (χ2v) is 5.36. The van der Waals surface area contributed by atoms with E-state index >= 15 is 0 Å². The van der Waals surface area contributed by atoms with E-state index in [-0.39, 0.29) is 18.1 Å². The van der Waals surface area contributed by atoms with Crippen molar-refractivity contribution in [2.75, 3.05) is 6.61 Å². The molecule has 20 heavy (non-hydrogen) atoms. The minimum absolute atomic E-state index is 0.0109. The number of fused-ring (bicyclic) bond motifs is 3. The van der Waals surface area contributed by atoms with Gasteiger partial charge in [-0.25, -0.2) is 0 Å². The molecule has 0 amide bonds. The van der Waals surface area contributed by atoms with Gasteiger partial charge in [0, 0.05) is 23.5 Å². The Labute approximate surface area is 118 Å². The van der Waals surface area contributed by atoms with Crippen molar-refractivity contribution in [2.24, 2.45) is 11.7 Å². The van der Waals surface area contributed by atoms with Crippen molar-refractivity contribution in [1.82, 2.24) is 4.98 Å². The molecule has 2 N–H and O–H groups in total. The van der Waals surface area contributed by atoms with Gasteiger partial charge in [-0.1, -0.05) is 13.8 Å². The Morgan fingerprint density at radius 3 is 3.05 bits per heavy atom. The van der Waals surface area contributed by atoms with Crippen LogP contribution < -0.4 is 15.2 Å². The molecule has 3 rings (SSSR count). The van der Waals surface area contributed by atoms with Gasteiger partial charge in [0.15, 0.2) is 11.5 Å². The number of nitrogens with two attached hydrogens (primary N) is 1. The Morgan fingerprint density at radius 1 is 1.40 bits per heavy atom. The second kappa shape index (κ2) is 5.29. The van der Waals surface area contributed by atoms with E-state index in [2.05, 4.69) is 18.8 Å². The minimum atomic E-state index is -0.0109. The third kappa shape index (κ3) is 2.20. The van der Waals surface area contributed by atoms with Crippen molar-refractivity contribution < 1.29 is 9.47 Å². The number of nitrogens with zero attached hydrogens (tertiary/aromatic N) is 1. The Morgan fingerprint density at radius 2 is 2.25 bits per heavy atom. The fraction of sp³-hybridized carbons (Fsp3) is 0.438. The smallest absolute Gasteiger partial charge is 0.171 e. The Kier molecular flexibility index (Phi) is 3.49. The van der Waals surface area contributed by atoms with Crippen LogP contribution in [0.1, 0.15) is 20.3 Å². The fourth-order valence-electron chi connectivity index (χ4n) is 2.60. The monoisotopic (exact) mass is 272 g/mol. The summed E-state index contributed by atoms with van der Waals surface area (Å²) >= 11 is 0. The highest BCUT2D eigenvalue weighted by atomic mass is 16.6. The zero-order valence-electron chi connectivity index (χ0n) is 11.9. The summed E-state index contributed by atoms with van der Waals surface area (Å²) in [6.07, 6.45) is 2.71. The number of aromatic nitrogens is 1. The molecule has 1 aromatic heterocycles. The van der Waals surface area contributed by atoms with Crippen molar-refractivity contribution in [1.29, 1.82) is 0 Å². The molecule has 0 bridgehead atoms. The lowest BCUT2D eigenvalue weighted by molar-refractivity contribution is 0.0460. The molecule has 0 aliphatic carbocycles. The summed E-state index contributed by atoms with van der Waals surface area (Å²) in [6, 6.07) is 7.93. The van der Waals surface area contributed by atoms with Crippen LogP contribution in [0.4, 0.5) is 0 Å². The quantitative estimate of drug-likeness (QED) is 0.933. The highest BCUT2D eigenvalue weighted by Crippen LogP contribution is 2.39. The van der Waals surface area contributed by atoms with E-state index in [4.69, 9.17) is 15.2 Å². The van der Waals surface area contributed by atoms with E-state index in [0.29, 0.717) is 6.61 Å². The van der Waals surface area contributed by atoms with Gasteiger partial charge < -0.3 is 15.2 Å². The molecule has 0 saturated heterocycles. The molecule has 1 aliphatic rings. The van der Waals surface area contributed by atoms with Gasteiger partial charge in [-0.3, -0.25) is 4.98 Å². The van der Waals surface area contributed by atoms with E-state index in [1.54, 1.807) is 6.20 Å². The highest BCUT2D eigenvalue weighted by molar-refractivity contribution is 5.87. The maximum atomic E-state index is 6.18. The summed E-state index contributed by atoms with van der Waals surface area (Å²) in [7, 11) is 0. The molecule has 106 valence electrons. The first-order chi connectivity index (χ1) is 9.70. The van der Waals surface area contributed by atoms with Crippen molar-refractivity contribution in [2.45, 2.75) is 32.4 Å². The molecular weight excluding hydrogens is 252 g/mol. The molecule has 0 radical (unpaired) electrons. The standard InChI is InChI=1S/C16H20N2O2/c1-3-12(17)10(2)15-9-19-14-7-6-13-11(16(14)20-15)5-4-8-18-13/h4-8,10,12,15H,3,9,17H2,1-2H3. The van der Waals surface area contributed by atoms with Crippen LogP contribution in [0.5, 0.6) is 11.5 Å². The summed E-state index contributed by atoms with van der Waals surface area (Å²) < 4.78 is 12.0. The van der Waals surface area contributed by atoms with Gasteiger partial charge >= 0.3 is 0 Å². The lowest BCUT2D eigenvalue weighted by atomic mass is 9.94. The first-order valence-corrected chi connectivity index (χ1v) is 7.13. The van der Waals surface area contributed by atoms with Gasteiger partial charge in [0.25, 0.3) is 0 Å². The van der Waals surface area contributed by atoms with E-state index in [9.17, 15) is 0 Å². The number of hydrogen-bond donors (Lipinski definition) is 1. The molecule has 0 fully saturated rings. The first-order valence-electron chi connectivity index (χ1n) is 7.13. The van der Waals surface area contributed by atoms with E-state index in [0.717, 1.165) is 28.8 Å². The van der Waals surface area contributed by atoms with E-state index in [1.165, 1.54) is 0 Å². The molecule has 3 atom stereocenters. The number of pyridine rings is 1. The molecule has 0 spiro atoms. The minimum Gasteiger partial charge on any atom is -0.486 e. The Bertz CT molecular complexity index is 614.